The van der Waals surface area contributed by atoms with Crippen LogP contribution in [-0.2, 0) is 0 Å². The van der Waals surface area contributed by atoms with E-state index in [2.05, 4.69) is 39.9 Å². The Morgan fingerprint density at radius 3 is 2.12 bits per heavy atom. The Hall–Kier alpha value is -0.0400. The van der Waals surface area contributed by atoms with Crippen LogP contribution in [0.4, 0.5) is 0 Å². The predicted octanol–water partition coefficient (Wildman–Crippen LogP) is 5.01. The van der Waals surface area contributed by atoms with Crippen LogP contribution in [0.2, 0.25) is 0 Å². The second-order valence-corrected chi connectivity index (χ2v) is 5.60. The maximum atomic E-state index is 3.73. The summed E-state index contributed by atoms with van der Waals surface area (Å²) >= 11 is 0. The smallest absolute Gasteiger partial charge is 0.00976 e. The van der Waals surface area contributed by atoms with E-state index in [0.29, 0.717) is 0 Å². The van der Waals surface area contributed by atoms with E-state index in [9.17, 15) is 0 Å². The van der Waals surface area contributed by atoms with Crippen molar-refractivity contribution in [1.82, 2.24) is 5.32 Å². The number of rotatable bonds is 11. The third kappa shape index (κ3) is 7.81. The molecule has 0 bridgehead atoms. The van der Waals surface area contributed by atoms with E-state index in [1.54, 1.807) is 0 Å². The molecule has 0 aliphatic carbocycles. The SMILES string of the molecule is CCCCC(CC)C(CC(C)CCC)NCC. The first-order valence-electron chi connectivity index (χ1n) is 7.92. The molecule has 0 fully saturated rings. The van der Waals surface area contributed by atoms with Crippen LogP contribution in [0.15, 0.2) is 0 Å². The lowest BCUT2D eigenvalue weighted by atomic mass is 9.85. The normalized spacial score (nSPS) is 16.8. The monoisotopic (exact) mass is 241 g/mol. The van der Waals surface area contributed by atoms with Crippen molar-refractivity contribution in [2.24, 2.45) is 11.8 Å². The average molecular weight is 241 g/mol. The zero-order valence-electron chi connectivity index (χ0n) is 12.9. The summed E-state index contributed by atoms with van der Waals surface area (Å²) in [6.45, 7) is 12.7. The molecular formula is C16H35N. The molecule has 3 atom stereocenters. The van der Waals surface area contributed by atoms with Gasteiger partial charge in [-0.05, 0) is 31.2 Å². The number of nitrogens with one attached hydrogen (secondary N) is 1. The van der Waals surface area contributed by atoms with Crippen molar-refractivity contribution in [3.8, 4) is 0 Å². The van der Waals surface area contributed by atoms with Gasteiger partial charge in [-0.3, -0.25) is 0 Å². The van der Waals surface area contributed by atoms with E-state index in [1.807, 2.05) is 0 Å². The standard InChI is InChI=1S/C16H35N/c1-6-10-12-15(8-3)16(17-9-4)13-14(5)11-7-2/h14-17H,6-13H2,1-5H3. The molecule has 0 aliphatic rings. The van der Waals surface area contributed by atoms with E-state index in [0.717, 1.165) is 24.4 Å². The van der Waals surface area contributed by atoms with Crippen LogP contribution < -0.4 is 5.32 Å². The third-order valence-electron chi connectivity index (χ3n) is 3.93. The van der Waals surface area contributed by atoms with E-state index in [4.69, 9.17) is 0 Å². The predicted molar refractivity (Wildman–Crippen MR) is 79.5 cm³/mol. The molecule has 1 N–H and O–H groups in total. The van der Waals surface area contributed by atoms with Gasteiger partial charge >= 0.3 is 0 Å². The minimum Gasteiger partial charge on any atom is -0.314 e. The highest BCUT2D eigenvalue weighted by atomic mass is 14.9. The van der Waals surface area contributed by atoms with Gasteiger partial charge < -0.3 is 5.32 Å². The van der Waals surface area contributed by atoms with Crippen LogP contribution in [0, 0.1) is 11.8 Å². The molecule has 0 aliphatic heterocycles. The van der Waals surface area contributed by atoms with Gasteiger partial charge in [0.25, 0.3) is 0 Å². The molecule has 0 aromatic rings. The van der Waals surface area contributed by atoms with Gasteiger partial charge in [0, 0.05) is 6.04 Å². The van der Waals surface area contributed by atoms with E-state index in [1.165, 1.54) is 44.9 Å². The van der Waals surface area contributed by atoms with E-state index >= 15 is 0 Å². The van der Waals surface area contributed by atoms with Gasteiger partial charge in [0.15, 0.2) is 0 Å². The lowest BCUT2D eigenvalue weighted by Crippen LogP contribution is -2.37. The highest BCUT2D eigenvalue weighted by molar-refractivity contribution is 4.77. The first-order valence-corrected chi connectivity index (χ1v) is 7.92. The molecule has 0 amide bonds. The summed E-state index contributed by atoms with van der Waals surface area (Å²) in [6.07, 6.45) is 9.53. The minimum atomic E-state index is 0.748. The molecule has 0 spiro atoms. The summed E-state index contributed by atoms with van der Waals surface area (Å²) in [6, 6.07) is 0.748. The Labute approximate surface area is 110 Å². The van der Waals surface area contributed by atoms with Crippen molar-refractivity contribution in [2.45, 2.75) is 85.6 Å². The Morgan fingerprint density at radius 1 is 0.941 bits per heavy atom. The molecule has 0 heterocycles. The van der Waals surface area contributed by atoms with Crippen LogP contribution in [0.5, 0.6) is 0 Å². The first kappa shape index (κ1) is 17.0. The number of hydrogen-bond acceptors (Lipinski definition) is 1. The number of unbranched alkanes of at least 4 members (excludes halogenated alkanes) is 1. The van der Waals surface area contributed by atoms with Gasteiger partial charge in [-0.25, -0.2) is 0 Å². The van der Waals surface area contributed by atoms with Gasteiger partial charge in [-0.1, -0.05) is 66.7 Å². The second-order valence-electron chi connectivity index (χ2n) is 5.60. The Balaban J connectivity index is 4.23. The molecule has 0 saturated carbocycles. The molecule has 0 rings (SSSR count). The van der Waals surface area contributed by atoms with E-state index in [-0.39, 0.29) is 0 Å². The topological polar surface area (TPSA) is 12.0 Å². The van der Waals surface area contributed by atoms with Gasteiger partial charge in [0.05, 0.1) is 0 Å². The van der Waals surface area contributed by atoms with Crippen LogP contribution in [0.25, 0.3) is 0 Å². The van der Waals surface area contributed by atoms with Gasteiger partial charge in [-0.15, -0.1) is 0 Å². The molecule has 17 heavy (non-hydrogen) atoms. The quantitative estimate of drug-likeness (QED) is 0.536. The number of hydrogen-bond donors (Lipinski definition) is 1. The Bertz CT molecular complexity index is 156. The summed E-state index contributed by atoms with van der Waals surface area (Å²) < 4.78 is 0. The van der Waals surface area contributed by atoms with Crippen LogP contribution in [0.3, 0.4) is 0 Å². The van der Waals surface area contributed by atoms with Crippen molar-refractivity contribution in [3.63, 3.8) is 0 Å². The molecule has 0 aromatic carbocycles. The second kappa shape index (κ2) is 11.1. The van der Waals surface area contributed by atoms with Crippen molar-refractivity contribution >= 4 is 0 Å². The van der Waals surface area contributed by atoms with Gasteiger partial charge in [-0.2, -0.15) is 0 Å². The summed E-state index contributed by atoms with van der Waals surface area (Å²) in [4.78, 5) is 0. The van der Waals surface area contributed by atoms with E-state index < -0.39 is 0 Å². The molecule has 3 unspecified atom stereocenters. The zero-order valence-corrected chi connectivity index (χ0v) is 12.9. The molecule has 0 saturated heterocycles. The van der Waals surface area contributed by atoms with Crippen molar-refractivity contribution < 1.29 is 0 Å². The van der Waals surface area contributed by atoms with Crippen LogP contribution in [-0.4, -0.2) is 12.6 Å². The highest BCUT2D eigenvalue weighted by Gasteiger charge is 2.20. The maximum absolute atomic E-state index is 3.73. The Kier molecular flexibility index (Phi) is 11.0. The fraction of sp³-hybridized carbons (Fsp3) is 1.00. The molecule has 0 aromatic heterocycles. The lowest BCUT2D eigenvalue weighted by Gasteiger charge is -2.29. The fourth-order valence-corrected chi connectivity index (χ4v) is 2.90. The summed E-state index contributed by atoms with van der Waals surface area (Å²) in [5.41, 5.74) is 0. The summed E-state index contributed by atoms with van der Waals surface area (Å²) in [5, 5.41) is 3.73. The molecule has 104 valence electrons. The largest absolute Gasteiger partial charge is 0.314 e. The molecule has 1 heteroatoms. The van der Waals surface area contributed by atoms with Crippen LogP contribution >= 0.6 is 0 Å². The molecule has 0 radical (unpaired) electrons. The summed E-state index contributed by atoms with van der Waals surface area (Å²) in [5.74, 6) is 1.76. The van der Waals surface area contributed by atoms with Crippen molar-refractivity contribution in [2.75, 3.05) is 6.54 Å². The third-order valence-corrected chi connectivity index (χ3v) is 3.93. The lowest BCUT2D eigenvalue weighted by molar-refractivity contribution is 0.271. The first-order chi connectivity index (χ1) is 8.19. The molecular weight excluding hydrogens is 206 g/mol. The van der Waals surface area contributed by atoms with Crippen molar-refractivity contribution in [1.29, 1.82) is 0 Å². The Morgan fingerprint density at radius 2 is 1.65 bits per heavy atom. The zero-order chi connectivity index (χ0) is 13.1. The van der Waals surface area contributed by atoms with Crippen LogP contribution in [0.1, 0.15) is 79.6 Å². The average Bonchev–Trinajstić information content (AvgIpc) is 2.30. The minimum absolute atomic E-state index is 0.748. The summed E-state index contributed by atoms with van der Waals surface area (Å²) in [7, 11) is 0. The van der Waals surface area contributed by atoms with Crippen molar-refractivity contribution in [3.05, 3.63) is 0 Å². The highest BCUT2D eigenvalue weighted by Crippen LogP contribution is 2.23. The maximum Gasteiger partial charge on any atom is 0.00976 e. The van der Waals surface area contributed by atoms with Gasteiger partial charge in [0.1, 0.15) is 0 Å². The molecule has 1 nitrogen and oxygen atoms in total. The van der Waals surface area contributed by atoms with Gasteiger partial charge in [0.2, 0.25) is 0 Å². The fourth-order valence-electron chi connectivity index (χ4n) is 2.90.